The van der Waals surface area contributed by atoms with Crippen molar-refractivity contribution in [3.05, 3.63) is 99.4 Å². The van der Waals surface area contributed by atoms with Gasteiger partial charge in [0.1, 0.15) is 0 Å². The normalized spacial score (nSPS) is 16.4. The summed E-state index contributed by atoms with van der Waals surface area (Å²) in [6.45, 7) is 16.7. The Kier molecular flexibility index (Phi) is 10.2. The number of hydrogen-bond donors (Lipinski definition) is 2. The molecule has 0 aliphatic carbocycles. The Balaban J connectivity index is 1.53. The molecule has 2 N–H and O–H groups in total. The summed E-state index contributed by atoms with van der Waals surface area (Å²) >= 11 is 0. The second kappa shape index (κ2) is 14.5. The number of rotatable bonds is 10. The van der Waals surface area contributed by atoms with Gasteiger partial charge >= 0.3 is 5.97 Å². The number of allylic oxidation sites excluding steroid dienone is 1. The first-order chi connectivity index (χ1) is 23.6. The molecular weight excluding hydrogens is 610 g/mol. The molecule has 8 heteroatoms. The maximum absolute atomic E-state index is 12.3. The average Bonchev–Trinajstić information content (AvgIpc) is 3.80. The van der Waals surface area contributed by atoms with Gasteiger partial charge in [0.2, 0.25) is 0 Å². The number of ether oxygens (including phenoxy) is 2. The topological polar surface area (TPSA) is 96.8 Å². The van der Waals surface area contributed by atoms with Gasteiger partial charge in [-0.15, -0.1) is 0 Å². The fourth-order valence-electron chi connectivity index (χ4n) is 7.49. The predicted molar refractivity (Wildman–Crippen MR) is 196 cm³/mol. The number of H-pyrrole nitrogens is 2. The summed E-state index contributed by atoms with van der Waals surface area (Å²) in [5, 5.41) is 0. The number of nitrogens with zero attached hydrogens (tertiary/aromatic N) is 3. The van der Waals surface area contributed by atoms with E-state index in [1.807, 2.05) is 6.07 Å². The second-order valence-corrected chi connectivity index (χ2v) is 13.6. The van der Waals surface area contributed by atoms with Gasteiger partial charge in [0.25, 0.3) is 0 Å². The van der Waals surface area contributed by atoms with Crippen LogP contribution in [0, 0.1) is 20.8 Å². The van der Waals surface area contributed by atoms with E-state index >= 15 is 0 Å². The molecule has 0 fully saturated rings. The minimum Gasteiger partial charge on any atom is -0.469 e. The van der Waals surface area contributed by atoms with Gasteiger partial charge in [-0.1, -0.05) is 19.9 Å². The maximum atomic E-state index is 12.3. The highest BCUT2D eigenvalue weighted by atomic mass is 16.5. The highest BCUT2D eigenvalue weighted by molar-refractivity contribution is 5.85. The van der Waals surface area contributed by atoms with Gasteiger partial charge in [0, 0.05) is 75.8 Å². The number of aromatic amines is 2. The lowest BCUT2D eigenvalue weighted by Gasteiger charge is -2.16. The van der Waals surface area contributed by atoms with Crippen molar-refractivity contribution >= 4 is 39.7 Å². The maximum Gasteiger partial charge on any atom is 0.305 e. The number of hydrogen-bond acceptors (Lipinski definition) is 5. The molecule has 0 aromatic carbocycles. The number of carbonyl (C=O) groups is 1. The lowest BCUT2D eigenvalue weighted by atomic mass is 9.86. The van der Waals surface area contributed by atoms with Gasteiger partial charge in [-0.25, -0.2) is 9.55 Å². The van der Waals surface area contributed by atoms with E-state index < -0.39 is 0 Å². The van der Waals surface area contributed by atoms with Crippen LogP contribution in [-0.4, -0.2) is 39.6 Å². The van der Waals surface area contributed by atoms with Gasteiger partial charge in [0.05, 0.1) is 31.2 Å². The molecule has 2 aliphatic rings. The van der Waals surface area contributed by atoms with Crippen molar-refractivity contribution in [2.45, 2.75) is 98.6 Å². The smallest absolute Gasteiger partial charge is 0.305 e. The molecule has 0 saturated carbocycles. The molecule has 1 unspecified atom stereocenters. The zero-order valence-corrected chi connectivity index (χ0v) is 30.2. The summed E-state index contributed by atoms with van der Waals surface area (Å²) in [5.41, 5.74) is 15.1. The number of pyridine rings is 1. The van der Waals surface area contributed by atoms with Crippen LogP contribution in [-0.2, 0) is 27.2 Å². The Morgan fingerprint density at radius 1 is 0.939 bits per heavy atom. The summed E-state index contributed by atoms with van der Waals surface area (Å²) < 4.78 is 13.7. The van der Waals surface area contributed by atoms with Gasteiger partial charge in [-0.2, -0.15) is 0 Å². The fourth-order valence-corrected chi connectivity index (χ4v) is 7.49. The van der Waals surface area contributed by atoms with E-state index in [1.165, 1.54) is 18.2 Å². The fraction of sp³-hybridized carbons (Fsp3) is 0.415. The van der Waals surface area contributed by atoms with Gasteiger partial charge in [-0.05, 0) is 99.6 Å². The lowest BCUT2D eigenvalue weighted by Crippen LogP contribution is -2.32. The minimum absolute atomic E-state index is 0.0656. The van der Waals surface area contributed by atoms with Gasteiger partial charge in [0.15, 0.2) is 18.9 Å². The van der Waals surface area contributed by atoms with Crippen molar-refractivity contribution < 1.29 is 18.8 Å². The van der Waals surface area contributed by atoms with Crippen LogP contribution in [0.2, 0.25) is 0 Å². The molecule has 0 spiro atoms. The van der Waals surface area contributed by atoms with E-state index in [2.05, 4.69) is 112 Å². The number of methoxy groups -OCH3 is 1. The Labute approximate surface area is 289 Å². The van der Waals surface area contributed by atoms with E-state index in [0.717, 1.165) is 86.5 Å². The molecule has 0 amide bonds. The zero-order chi connectivity index (χ0) is 34.8. The van der Waals surface area contributed by atoms with Crippen LogP contribution in [0.5, 0.6) is 0 Å². The summed E-state index contributed by atoms with van der Waals surface area (Å²) in [4.78, 5) is 30.2. The Bertz CT molecular complexity index is 2060. The zero-order valence-electron chi connectivity index (χ0n) is 30.2. The third kappa shape index (κ3) is 6.97. The highest BCUT2D eigenvalue weighted by Crippen LogP contribution is 2.42. The van der Waals surface area contributed by atoms with E-state index in [9.17, 15) is 4.79 Å². The highest BCUT2D eigenvalue weighted by Gasteiger charge is 2.31. The van der Waals surface area contributed by atoms with Crippen LogP contribution in [0.4, 0.5) is 0 Å². The summed E-state index contributed by atoms with van der Waals surface area (Å²) in [6, 6.07) is 12.8. The molecule has 0 saturated heterocycles. The second-order valence-electron chi connectivity index (χ2n) is 13.6. The molecule has 49 heavy (non-hydrogen) atoms. The number of esters is 1. The van der Waals surface area contributed by atoms with Gasteiger partial charge < -0.3 is 19.4 Å². The minimum atomic E-state index is -0.201. The molecule has 2 aliphatic heterocycles. The largest absolute Gasteiger partial charge is 0.469 e. The van der Waals surface area contributed by atoms with E-state index in [-0.39, 0.29) is 23.9 Å². The molecule has 4 aromatic rings. The standard InChI is InChI=1S/C41H50N5O3/c1-9-30-25(3)34-23-38-40(29(7)49-19-13-18-46-16-11-10-12-17-46)27(5)36(44-38)22-35-26(4)31(14-15-39(47)48-8)41(45-35)28(6)33-20-24(2)32(42-33)21-37(30)43-34/h10-12,16-17,20-23,26,29,31,43-44H,9,13-15,18-19H2,1-8H3/q+1/t26-,29?,31-/m0/s1. The number of carbonyl (C=O) groups excluding carboxylic acids is 1. The summed E-state index contributed by atoms with van der Waals surface area (Å²) in [7, 11) is 1.45. The van der Waals surface area contributed by atoms with Crippen LogP contribution in [0.1, 0.15) is 115 Å². The molecule has 3 atom stereocenters. The summed E-state index contributed by atoms with van der Waals surface area (Å²) in [6.07, 6.45) is 9.04. The molecule has 8 nitrogen and oxygen atoms in total. The van der Waals surface area contributed by atoms with Crippen LogP contribution >= 0.6 is 0 Å². The number of fused-ring (bicyclic) bond motifs is 8. The van der Waals surface area contributed by atoms with Crippen molar-refractivity contribution in [1.29, 1.82) is 0 Å². The van der Waals surface area contributed by atoms with Crippen molar-refractivity contribution in [3.63, 3.8) is 0 Å². The van der Waals surface area contributed by atoms with Crippen LogP contribution in [0.15, 0.2) is 48.8 Å². The molecule has 8 bridgehead atoms. The first kappa shape index (κ1) is 34.3. The van der Waals surface area contributed by atoms with Crippen molar-refractivity contribution in [2.75, 3.05) is 13.7 Å². The van der Waals surface area contributed by atoms with E-state index in [4.69, 9.17) is 19.4 Å². The van der Waals surface area contributed by atoms with E-state index in [1.54, 1.807) is 0 Å². The SMILES string of the molecule is CCc1c(C)c2cc3[nH]c(cc4nc(c(C)c5nc(cc1[nH]2)C(C)=C5)[C@@H](CCC(=O)OC)[C@@H]4C)c(C)c3C(C)OCCC[n+]1ccccc1. The summed E-state index contributed by atoms with van der Waals surface area (Å²) in [5.74, 6) is -0.0291. The molecular formula is C41H50N5O3+. The molecule has 256 valence electrons. The quantitative estimate of drug-likeness (QED) is 0.101. The predicted octanol–water partition coefficient (Wildman–Crippen LogP) is 8.66. The van der Waals surface area contributed by atoms with Crippen molar-refractivity contribution in [2.24, 2.45) is 0 Å². The van der Waals surface area contributed by atoms with Gasteiger partial charge in [-0.3, -0.25) is 9.78 Å². The Hall–Kier alpha value is -4.56. The van der Waals surface area contributed by atoms with Crippen molar-refractivity contribution in [3.8, 4) is 0 Å². The lowest BCUT2D eigenvalue weighted by molar-refractivity contribution is -0.697. The Morgan fingerprint density at radius 2 is 1.67 bits per heavy atom. The average molecular weight is 661 g/mol. The van der Waals surface area contributed by atoms with Crippen LogP contribution < -0.4 is 4.57 Å². The molecule has 0 radical (unpaired) electrons. The Morgan fingerprint density at radius 3 is 2.41 bits per heavy atom. The number of aromatic nitrogens is 5. The third-order valence-corrected chi connectivity index (χ3v) is 10.5. The van der Waals surface area contributed by atoms with Crippen molar-refractivity contribution in [1.82, 2.24) is 19.9 Å². The third-order valence-electron chi connectivity index (χ3n) is 10.5. The number of aryl methyl sites for hydroxylation is 4. The monoisotopic (exact) mass is 660 g/mol. The first-order valence-electron chi connectivity index (χ1n) is 17.6. The first-order valence-corrected chi connectivity index (χ1v) is 17.6. The van der Waals surface area contributed by atoms with Crippen LogP contribution in [0.3, 0.4) is 0 Å². The molecule has 4 aromatic heterocycles. The molecule has 6 heterocycles. The van der Waals surface area contributed by atoms with Crippen LogP contribution in [0.25, 0.3) is 33.7 Å². The molecule has 6 rings (SSSR count). The van der Waals surface area contributed by atoms with E-state index in [0.29, 0.717) is 19.4 Å². The number of nitrogens with one attached hydrogen (secondary N) is 2.